The van der Waals surface area contributed by atoms with Gasteiger partial charge >= 0.3 is 0 Å². The predicted molar refractivity (Wildman–Crippen MR) is 120 cm³/mol. The molecule has 0 aromatic heterocycles. The van der Waals surface area contributed by atoms with E-state index >= 15 is 0 Å². The van der Waals surface area contributed by atoms with Gasteiger partial charge in [0, 0.05) is 10.0 Å². The number of anilines is 2. The van der Waals surface area contributed by atoms with E-state index in [1.165, 1.54) is 4.90 Å². The van der Waals surface area contributed by atoms with E-state index in [9.17, 15) is 14.7 Å². The third-order valence-corrected chi connectivity index (χ3v) is 6.28. The molecule has 0 radical (unpaired) electrons. The lowest BCUT2D eigenvalue weighted by atomic mass is 9.90. The number of hydrogen-bond acceptors (Lipinski definition) is 5. The predicted octanol–water partition coefficient (Wildman–Crippen LogP) is 4.51. The molecule has 0 unspecified atom stereocenters. The number of aryl methyl sites for hydroxylation is 1. The van der Waals surface area contributed by atoms with Crippen LogP contribution in [0.4, 0.5) is 11.4 Å². The summed E-state index contributed by atoms with van der Waals surface area (Å²) < 4.78 is 0.754. The van der Waals surface area contributed by atoms with Crippen LogP contribution in [0.3, 0.4) is 0 Å². The van der Waals surface area contributed by atoms with Gasteiger partial charge in [0.25, 0.3) is 5.91 Å². The van der Waals surface area contributed by atoms with E-state index in [1.807, 2.05) is 49.4 Å². The van der Waals surface area contributed by atoms with E-state index in [0.29, 0.717) is 16.9 Å². The quantitative estimate of drug-likeness (QED) is 0.560. The number of phenolic OH excluding ortho intramolecular Hbond substituents is 1. The standard InChI is InChI=1S/C24H19BrN2O4/c1-14-7-5-6-10-18(14)26-23(29)20-21(17-13-15(25)11-12-19(17)28)27(31-22(20)24(26)30)16-8-3-2-4-9-16/h2-13,20-22,28H,1H3/t20-,21-,22+/m1/s1. The SMILES string of the molecule is Cc1ccccc1N1C(=O)[C@H]2[C@H](ON(c3ccccc3)[C@@H]2c2cc(Br)ccc2O)C1=O. The lowest BCUT2D eigenvalue weighted by Gasteiger charge is -2.29. The van der Waals surface area contributed by atoms with Gasteiger partial charge < -0.3 is 5.11 Å². The van der Waals surface area contributed by atoms with Crippen molar-refractivity contribution in [2.75, 3.05) is 9.96 Å². The first-order chi connectivity index (χ1) is 15.0. The van der Waals surface area contributed by atoms with Crippen molar-refractivity contribution in [2.24, 2.45) is 5.92 Å². The lowest BCUT2D eigenvalue weighted by molar-refractivity contribution is -0.126. The molecule has 0 saturated carbocycles. The molecule has 2 aliphatic heterocycles. The van der Waals surface area contributed by atoms with Gasteiger partial charge in [-0.05, 0) is 48.9 Å². The van der Waals surface area contributed by atoms with Crippen LogP contribution in [0.25, 0.3) is 0 Å². The molecule has 5 rings (SSSR count). The first kappa shape index (κ1) is 19.8. The smallest absolute Gasteiger partial charge is 0.266 e. The van der Waals surface area contributed by atoms with Gasteiger partial charge in [0.2, 0.25) is 5.91 Å². The summed E-state index contributed by atoms with van der Waals surface area (Å²) >= 11 is 3.44. The molecule has 2 aliphatic rings. The number of para-hydroxylation sites is 2. The Morgan fingerprint density at radius 1 is 0.935 bits per heavy atom. The summed E-state index contributed by atoms with van der Waals surface area (Å²) in [5, 5.41) is 12.2. The number of amides is 2. The van der Waals surface area contributed by atoms with Gasteiger partial charge in [-0.2, -0.15) is 0 Å². The van der Waals surface area contributed by atoms with Gasteiger partial charge in [-0.15, -0.1) is 0 Å². The molecular formula is C24H19BrN2O4. The molecule has 6 nitrogen and oxygen atoms in total. The number of hydroxylamine groups is 1. The van der Waals surface area contributed by atoms with E-state index in [4.69, 9.17) is 4.84 Å². The second-order valence-electron chi connectivity index (χ2n) is 7.66. The summed E-state index contributed by atoms with van der Waals surface area (Å²) in [5.74, 6) is -1.50. The number of phenols is 1. The van der Waals surface area contributed by atoms with Gasteiger partial charge in [0.1, 0.15) is 11.7 Å². The van der Waals surface area contributed by atoms with Crippen LogP contribution in [0.15, 0.2) is 77.3 Å². The maximum atomic E-state index is 13.6. The maximum Gasteiger partial charge on any atom is 0.266 e. The van der Waals surface area contributed by atoms with E-state index < -0.39 is 24.0 Å². The van der Waals surface area contributed by atoms with E-state index in [-0.39, 0.29) is 11.7 Å². The molecule has 3 aromatic rings. The van der Waals surface area contributed by atoms with Gasteiger partial charge in [-0.1, -0.05) is 52.3 Å². The molecule has 3 aromatic carbocycles. The Morgan fingerprint density at radius 2 is 1.65 bits per heavy atom. The van der Waals surface area contributed by atoms with E-state index in [0.717, 1.165) is 10.0 Å². The topological polar surface area (TPSA) is 70.1 Å². The Labute approximate surface area is 187 Å². The van der Waals surface area contributed by atoms with Gasteiger partial charge in [0.15, 0.2) is 6.10 Å². The highest BCUT2D eigenvalue weighted by molar-refractivity contribution is 9.10. The summed E-state index contributed by atoms with van der Waals surface area (Å²) in [7, 11) is 0. The molecule has 2 saturated heterocycles. The number of carbonyl (C=O) groups excluding carboxylic acids is 2. The minimum atomic E-state index is -0.976. The van der Waals surface area contributed by atoms with Crippen molar-refractivity contribution in [1.82, 2.24) is 0 Å². The molecule has 2 heterocycles. The number of aromatic hydroxyl groups is 1. The summed E-state index contributed by atoms with van der Waals surface area (Å²) in [5.41, 5.74) is 2.59. The highest BCUT2D eigenvalue weighted by Crippen LogP contribution is 2.49. The fourth-order valence-electron chi connectivity index (χ4n) is 4.34. The maximum absolute atomic E-state index is 13.6. The largest absolute Gasteiger partial charge is 0.508 e. The van der Waals surface area contributed by atoms with Crippen LogP contribution in [-0.2, 0) is 14.4 Å². The zero-order valence-electron chi connectivity index (χ0n) is 16.6. The van der Waals surface area contributed by atoms with Crippen molar-refractivity contribution in [3.05, 3.63) is 88.4 Å². The Balaban J connectivity index is 1.64. The van der Waals surface area contributed by atoms with Crippen molar-refractivity contribution < 1.29 is 19.5 Å². The third kappa shape index (κ3) is 3.12. The number of halogens is 1. The van der Waals surface area contributed by atoms with Crippen LogP contribution in [0.1, 0.15) is 17.2 Å². The Hall–Kier alpha value is -3.16. The summed E-state index contributed by atoms with van der Waals surface area (Å²) in [6.07, 6.45) is -0.976. The van der Waals surface area contributed by atoms with Crippen LogP contribution >= 0.6 is 15.9 Å². The van der Waals surface area contributed by atoms with Crippen LogP contribution in [0.5, 0.6) is 5.75 Å². The molecule has 2 amide bonds. The molecule has 2 fully saturated rings. The Morgan fingerprint density at radius 3 is 2.39 bits per heavy atom. The zero-order valence-corrected chi connectivity index (χ0v) is 18.2. The zero-order chi connectivity index (χ0) is 21.7. The Kier molecular flexibility index (Phi) is 4.79. The first-order valence-electron chi connectivity index (χ1n) is 9.90. The summed E-state index contributed by atoms with van der Waals surface area (Å²) in [6, 6.07) is 20.9. The Bertz CT molecular complexity index is 1180. The highest BCUT2D eigenvalue weighted by Gasteiger charge is 2.60. The monoisotopic (exact) mass is 478 g/mol. The number of fused-ring (bicyclic) bond motifs is 1. The van der Waals surface area contributed by atoms with Crippen LogP contribution in [-0.4, -0.2) is 23.0 Å². The van der Waals surface area contributed by atoms with Gasteiger partial charge in [-0.3, -0.25) is 14.4 Å². The number of carbonyl (C=O) groups is 2. The average molecular weight is 479 g/mol. The molecule has 0 bridgehead atoms. The lowest BCUT2D eigenvalue weighted by Crippen LogP contribution is -2.37. The van der Waals surface area contributed by atoms with Crippen molar-refractivity contribution in [3.8, 4) is 5.75 Å². The second kappa shape index (κ2) is 7.51. The molecule has 31 heavy (non-hydrogen) atoms. The fourth-order valence-corrected chi connectivity index (χ4v) is 4.72. The van der Waals surface area contributed by atoms with E-state index in [1.54, 1.807) is 35.4 Å². The molecule has 156 valence electrons. The molecular weight excluding hydrogens is 460 g/mol. The highest BCUT2D eigenvalue weighted by atomic mass is 79.9. The number of rotatable bonds is 3. The summed E-state index contributed by atoms with van der Waals surface area (Å²) in [4.78, 5) is 34.3. The van der Waals surface area contributed by atoms with Crippen LogP contribution in [0.2, 0.25) is 0 Å². The van der Waals surface area contributed by atoms with Crippen molar-refractivity contribution in [3.63, 3.8) is 0 Å². The minimum Gasteiger partial charge on any atom is -0.508 e. The van der Waals surface area contributed by atoms with Crippen LogP contribution in [0, 0.1) is 12.8 Å². The van der Waals surface area contributed by atoms with Crippen LogP contribution < -0.4 is 9.96 Å². The van der Waals surface area contributed by atoms with Gasteiger partial charge in [0.05, 0.1) is 17.4 Å². The number of benzene rings is 3. The van der Waals surface area contributed by atoms with Gasteiger partial charge in [-0.25, -0.2) is 9.96 Å². The van der Waals surface area contributed by atoms with Crippen molar-refractivity contribution in [1.29, 1.82) is 0 Å². The molecule has 1 N–H and O–H groups in total. The minimum absolute atomic E-state index is 0.0352. The average Bonchev–Trinajstić information content (AvgIpc) is 3.27. The summed E-state index contributed by atoms with van der Waals surface area (Å²) in [6.45, 7) is 1.86. The molecule has 7 heteroatoms. The van der Waals surface area contributed by atoms with Crippen molar-refractivity contribution >= 4 is 39.1 Å². The van der Waals surface area contributed by atoms with E-state index in [2.05, 4.69) is 15.9 Å². The van der Waals surface area contributed by atoms with Crippen molar-refractivity contribution in [2.45, 2.75) is 19.1 Å². The molecule has 0 aliphatic carbocycles. The third-order valence-electron chi connectivity index (χ3n) is 5.79. The first-order valence-corrected chi connectivity index (χ1v) is 10.7. The normalized spacial score (nSPS) is 22.8. The molecule has 0 spiro atoms. The number of nitrogens with zero attached hydrogens (tertiary/aromatic N) is 2. The fraction of sp³-hybridized carbons (Fsp3) is 0.167. The second-order valence-corrected chi connectivity index (χ2v) is 8.58. The number of imide groups is 1. The molecule has 3 atom stereocenters. The number of hydrogen-bond donors (Lipinski definition) is 1.